The monoisotopic (exact) mass is 332 g/mol. The van der Waals surface area contributed by atoms with Crippen LogP contribution in [0.5, 0.6) is 0 Å². The van der Waals surface area contributed by atoms with Crippen molar-refractivity contribution in [3.05, 3.63) is 28.8 Å². The van der Waals surface area contributed by atoms with Gasteiger partial charge in [0.25, 0.3) is 0 Å². The molecule has 0 fully saturated rings. The number of rotatable bonds is 6. The Bertz CT molecular complexity index is 615. The first-order chi connectivity index (χ1) is 9.68. The van der Waals surface area contributed by atoms with Crippen LogP contribution in [0.1, 0.15) is 26.3 Å². The van der Waals surface area contributed by atoms with Gasteiger partial charge in [-0.25, -0.2) is 8.42 Å². The van der Waals surface area contributed by atoms with Crippen LogP contribution >= 0.6 is 11.6 Å². The van der Waals surface area contributed by atoms with E-state index in [0.29, 0.717) is 10.6 Å². The maximum atomic E-state index is 12.6. The van der Waals surface area contributed by atoms with Crippen molar-refractivity contribution >= 4 is 27.5 Å². The maximum Gasteiger partial charge on any atom is 0.243 e. The van der Waals surface area contributed by atoms with Crippen molar-refractivity contribution in [1.29, 1.82) is 0 Å². The van der Waals surface area contributed by atoms with Crippen molar-refractivity contribution in [3.63, 3.8) is 0 Å². The molecule has 0 atom stereocenters. The normalized spacial score (nSPS) is 12.0. The minimum Gasteiger partial charge on any atom is -0.353 e. The van der Waals surface area contributed by atoms with Gasteiger partial charge in [0, 0.05) is 17.6 Å². The minimum absolute atomic E-state index is 0.0313. The molecule has 1 aromatic carbocycles. The smallest absolute Gasteiger partial charge is 0.243 e. The molecule has 0 heterocycles. The van der Waals surface area contributed by atoms with Crippen LogP contribution in [0.15, 0.2) is 23.1 Å². The summed E-state index contributed by atoms with van der Waals surface area (Å²) in [6.45, 7) is 7.05. The lowest BCUT2D eigenvalue weighted by Gasteiger charge is -2.21. The van der Waals surface area contributed by atoms with Gasteiger partial charge in [-0.1, -0.05) is 18.5 Å². The summed E-state index contributed by atoms with van der Waals surface area (Å²) in [6.07, 6.45) is 0. The average molecular weight is 333 g/mol. The number of aryl methyl sites for hydroxylation is 1. The first-order valence-corrected chi connectivity index (χ1v) is 8.56. The second-order valence-corrected chi connectivity index (χ2v) is 7.41. The van der Waals surface area contributed by atoms with Gasteiger partial charge in [0.05, 0.1) is 11.4 Å². The SMILES string of the molecule is CCN(CC(=O)NC(C)C)S(=O)(=O)c1ccc(Cl)cc1C. The van der Waals surface area contributed by atoms with Gasteiger partial charge >= 0.3 is 0 Å². The van der Waals surface area contributed by atoms with Gasteiger partial charge in [0.15, 0.2) is 0 Å². The third-order valence-electron chi connectivity index (χ3n) is 2.88. The van der Waals surface area contributed by atoms with Gasteiger partial charge in [-0.2, -0.15) is 4.31 Å². The van der Waals surface area contributed by atoms with Crippen molar-refractivity contribution in [2.45, 2.75) is 38.6 Å². The molecule has 7 heteroatoms. The molecule has 0 unspecified atom stereocenters. The first-order valence-electron chi connectivity index (χ1n) is 6.74. The summed E-state index contributed by atoms with van der Waals surface area (Å²) >= 11 is 5.85. The molecule has 0 aliphatic heterocycles. The number of carbonyl (C=O) groups is 1. The number of benzene rings is 1. The summed E-state index contributed by atoms with van der Waals surface area (Å²) in [7, 11) is -3.72. The fourth-order valence-corrected chi connectivity index (χ4v) is 3.77. The van der Waals surface area contributed by atoms with Crippen LogP contribution in [0.2, 0.25) is 5.02 Å². The first kappa shape index (κ1) is 17.9. The third kappa shape index (κ3) is 4.69. The van der Waals surface area contributed by atoms with E-state index < -0.39 is 10.0 Å². The van der Waals surface area contributed by atoms with Crippen LogP contribution in [0, 0.1) is 6.92 Å². The lowest BCUT2D eigenvalue weighted by molar-refractivity contribution is -0.121. The van der Waals surface area contributed by atoms with E-state index in [1.54, 1.807) is 19.9 Å². The molecular weight excluding hydrogens is 312 g/mol. The molecule has 0 aliphatic carbocycles. The molecule has 0 spiro atoms. The van der Waals surface area contributed by atoms with E-state index in [2.05, 4.69) is 5.32 Å². The highest BCUT2D eigenvalue weighted by Gasteiger charge is 2.26. The molecule has 0 radical (unpaired) electrons. The van der Waals surface area contributed by atoms with E-state index in [1.165, 1.54) is 12.1 Å². The van der Waals surface area contributed by atoms with E-state index in [4.69, 9.17) is 11.6 Å². The standard InChI is InChI=1S/C14H21ClN2O3S/c1-5-17(9-14(18)16-10(2)3)21(19,20)13-7-6-12(15)8-11(13)4/h6-8,10H,5,9H2,1-4H3,(H,16,18). The van der Waals surface area contributed by atoms with Gasteiger partial charge < -0.3 is 5.32 Å². The topological polar surface area (TPSA) is 66.5 Å². The zero-order valence-electron chi connectivity index (χ0n) is 12.7. The van der Waals surface area contributed by atoms with E-state index in [1.807, 2.05) is 13.8 Å². The minimum atomic E-state index is -3.72. The van der Waals surface area contributed by atoms with Crippen LogP contribution in [0.25, 0.3) is 0 Å². The molecule has 0 aliphatic rings. The summed E-state index contributed by atoms with van der Waals surface area (Å²) in [4.78, 5) is 12.0. The zero-order chi connectivity index (χ0) is 16.2. The Morgan fingerprint density at radius 3 is 2.48 bits per heavy atom. The lowest BCUT2D eigenvalue weighted by Crippen LogP contribution is -2.42. The second-order valence-electron chi connectivity index (χ2n) is 5.06. The summed E-state index contributed by atoms with van der Waals surface area (Å²) in [5.41, 5.74) is 0.560. The Morgan fingerprint density at radius 1 is 1.38 bits per heavy atom. The zero-order valence-corrected chi connectivity index (χ0v) is 14.3. The molecule has 0 saturated heterocycles. The van der Waals surface area contributed by atoms with Gasteiger partial charge in [0.1, 0.15) is 0 Å². The molecule has 118 valence electrons. The maximum absolute atomic E-state index is 12.6. The van der Waals surface area contributed by atoms with Crippen molar-refractivity contribution in [3.8, 4) is 0 Å². The van der Waals surface area contributed by atoms with Crippen molar-refractivity contribution < 1.29 is 13.2 Å². The predicted molar refractivity (Wildman–Crippen MR) is 83.9 cm³/mol. The molecule has 0 bridgehead atoms. The second kappa shape index (κ2) is 7.24. The number of carbonyl (C=O) groups excluding carboxylic acids is 1. The lowest BCUT2D eigenvalue weighted by atomic mass is 10.2. The van der Waals surface area contributed by atoms with Crippen molar-refractivity contribution in [2.24, 2.45) is 0 Å². The highest BCUT2D eigenvalue weighted by molar-refractivity contribution is 7.89. The van der Waals surface area contributed by atoms with Gasteiger partial charge in [-0.3, -0.25) is 4.79 Å². The average Bonchev–Trinajstić information content (AvgIpc) is 2.34. The Morgan fingerprint density at radius 2 is 2.00 bits per heavy atom. The number of nitrogens with zero attached hydrogens (tertiary/aromatic N) is 1. The molecule has 21 heavy (non-hydrogen) atoms. The number of amides is 1. The van der Waals surface area contributed by atoms with Crippen LogP contribution in [0.3, 0.4) is 0 Å². The third-order valence-corrected chi connectivity index (χ3v) is 5.19. The summed E-state index contributed by atoms with van der Waals surface area (Å²) < 4.78 is 26.4. The Kier molecular flexibility index (Phi) is 6.19. The van der Waals surface area contributed by atoms with Crippen LogP contribution in [-0.2, 0) is 14.8 Å². The Balaban J connectivity index is 3.05. The Hall–Kier alpha value is -1.11. The molecule has 1 amide bonds. The van der Waals surface area contributed by atoms with Gasteiger partial charge in [-0.15, -0.1) is 0 Å². The van der Waals surface area contributed by atoms with E-state index in [9.17, 15) is 13.2 Å². The summed E-state index contributed by atoms with van der Waals surface area (Å²) in [5, 5.41) is 3.17. The van der Waals surface area contributed by atoms with E-state index in [0.717, 1.165) is 4.31 Å². The van der Waals surface area contributed by atoms with Crippen LogP contribution < -0.4 is 5.32 Å². The number of likely N-dealkylation sites (N-methyl/N-ethyl adjacent to an activating group) is 1. The highest BCUT2D eigenvalue weighted by Crippen LogP contribution is 2.22. The number of hydrogen-bond donors (Lipinski definition) is 1. The molecular formula is C14H21ClN2O3S. The van der Waals surface area contributed by atoms with Crippen LogP contribution in [-0.4, -0.2) is 37.8 Å². The molecule has 1 rings (SSSR count). The quantitative estimate of drug-likeness (QED) is 0.868. The number of nitrogens with one attached hydrogen (secondary N) is 1. The fraction of sp³-hybridized carbons (Fsp3) is 0.500. The van der Waals surface area contributed by atoms with E-state index in [-0.39, 0.29) is 29.9 Å². The summed E-state index contributed by atoms with van der Waals surface area (Å²) in [6, 6.07) is 4.56. The molecule has 5 nitrogen and oxygen atoms in total. The van der Waals surface area contributed by atoms with Gasteiger partial charge in [-0.05, 0) is 44.5 Å². The van der Waals surface area contributed by atoms with Crippen molar-refractivity contribution in [2.75, 3.05) is 13.1 Å². The largest absolute Gasteiger partial charge is 0.353 e. The molecule has 0 saturated carbocycles. The predicted octanol–water partition coefficient (Wildman–Crippen LogP) is 2.18. The van der Waals surface area contributed by atoms with E-state index >= 15 is 0 Å². The van der Waals surface area contributed by atoms with Crippen LogP contribution in [0.4, 0.5) is 0 Å². The molecule has 0 aromatic heterocycles. The van der Waals surface area contributed by atoms with Crippen molar-refractivity contribution in [1.82, 2.24) is 9.62 Å². The number of halogens is 1. The highest BCUT2D eigenvalue weighted by atomic mass is 35.5. The number of hydrogen-bond acceptors (Lipinski definition) is 3. The molecule has 1 N–H and O–H groups in total. The Labute approximate surface area is 131 Å². The molecule has 1 aromatic rings. The van der Waals surface area contributed by atoms with Gasteiger partial charge in [0.2, 0.25) is 15.9 Å². The summed E-state index contributed by atoms with van der Waals surface area (Å²) in [5.74, 6) is -0.318. The fourth-order valence-electron chi connectivity index (χ4n) is 1.94. The number of sulfonamides is 1.